The maximum absolute atomic E-state index is 12.5. The summed E-state index contributed by atoms with van der Waals surface area (Å²) in [6, 6.07) is 1.25. The lowest BCUT2D eigenvalue weighted by molar-refractivity contribution is -0.144. The summed E-state index contributed by atoms with van der Waals surface area (Å²) in [6.07, 6.45) is -4.62. The largest absolute Gasteiger partial charge is 0.451 e. The molecule has 1 rings (SSSR count). The Bertz CT molecular complexity index is 434. The third kappa shape index (κ3) is 4.90. The second-order valence-corrected chi connectivity index (χ2v) is 4.55. The number of ether oxygens (including phenoxy) is 1. The van der Waals surface area contributed by atoms with Crippen LogP contribution in [0.15, 0.2) is 6.07 Å². The molecule has 5 nitrogen and oxygen atoms in total. The van der Waals surface area contributed by atoms with E-state index >= 15 is 0 Å². The summed E-state index contributed by atoms with van der Waals surface area (Å²) in [4.78, 5) is 6.54. The first-order valence-electron chi connectivity index (χ1n) is 5.73. The molecule has 1 aromatic rings. The minimum atomic E-state index is -4.62. The molecule has 0 fully saturated rings. The summed E-state index contributed by atoms with van der Waals surface area (Å²) in [5.41, 5.74) is 4.81. The molecule has 0 atom stereocenters. The molecular weight excluding hydrogens is 261 g/mol. The van der Waals surface area contributed by atoms with Gasteiger partial charge in [0.1, 0.15) is 11.6 Å². The van der Waals surface area contributed by atoms with Crippen LogP contribution in [0.4, 0.5) is 24.8 Å². The fourth-order valence-electron chi connectivity index (χ4n) is 1.43. The molecule has 0 saturated heterocycles. The van der Waals surface area contributed by atoms with Crippen LogP contribution in [0.1, 0.15) is 26.6 Å². The number of hydrogen-bond donors (Lipinski definition) is 2. The first kappa shape index (κ1) is 15.5. The molecule has 0 bridgehead atoms. The lowest BCUT2D eigenvalue weighted by Crippen LogP contribution is -2.33. The average molecular weight is 278 g/mol. The van der Waals surface area contributed by atoms with E-state index in [4.69, 9.17) is 10.5 Å². The molecule has 1 heterocycles. The molecule has 0 aliphatic rings. The van der Waals surface area contributed by atoms with Crippen LogP contribution in [-0.2, 0) is 10.9 Å². The van der Waals surface area contributed by atoms with E-state index in [1.54, 1.807) is 0 Å². The fraction of sp³-hybridized carbons (Fsp3) is 0.636. The van der Waals surface area contributed by atoms with Crippen LogP contribution in [0.3, 0.4) is 0 Å². The van der Waals surface area contributed by atoms with Gasteiger partial charge in [-0.1, -0.05) is 0 Å². The van der Waals surface area contributed by atoms with Crippen LogP contribution in [-0.4, -0.2) is 28.7 Å². The van der Waals surface area contributed by atoms with Gasteiger partial charge in [-0.15, -0.1) is 0 Å². The van der Waals surface area contributed by atoms with Gasteiger partial charge in [0.05, 0.1) is 5.60 Å². The maximum Gasteiger partial charge on any atom is 0.451 e. The number of nitrogens with zero attached hydrogens (tertiary/aromatic N) is 2. The smallest absolute Gasteiger partial charge is 0.384 e. The van der Waals surface area contributed by atoms with Gasteiger partial charge >= 0.3 is 6.18 Å². The predicted octanol–water partition coefficient (Wildman–Crippen LogP) is 2.30. The highest BCUT2D eigenvalue weighted by molar-refractivity contribution is 5.45. The maximum atomic E-state index is 12.5. The zero-order valence-corrected chi connectivity index (χ0v) is 11.0. The van der Waals surface area contributed by atoms with Crippen molar-refractivity contribution in [2.45, 2.75) is 32.5 Å². The van der Waals surface area contributed by atoms with Crippen LogP contribution in [0, 0.1) is 0 Å². The number of hydrogen-bond acceptors (Lipinski definition) is 5. The molecule has 0 aromatic carbocycles. The van der Waals surface area contributed by atoms with E-state index in [-0.39, 0.29) is 11.6 Å². The van der Waals surface area contributed by atoms with Crippen molar-refractivity contribution in [2.24, 2.45) is 0 Å². The average Bonchev–Trinajstić information content (AvgIpc) is 2.24. The van der Waals surface area contributed by atoms with Crippen LogP contribution in [0.5, 0.6) is 0 Å². The Hall–Kier alpha value is -1.57. The Labute approximate surface area is 109 Å². The molecule has 0 amide bonds. The minimum absolute atomic E-state index is 0.0209. The Morgan fingerprint density at radius 2 is 1.95 bits per heavy atom. The molecule has 0 aliphatic carbocycles. The van der Waals surface area contributed by atoms with Gasteiger partial charge in [0, 0.05) is 19.2 Å². The van der Waals surface area contributed by atoms with Crippen molar-refractivity contribution in [3.8, 4) is 0 Å². The van der Waals surface area contributed by atoms with Gasteiger partial charge in [0.2, 0.25) is 5.82 Å². The van der Waals surface area contributed by atoms with Gasteiger partial charge < -0.3 is 15.8 Å². The van der Waals surface area contributed by atoms with Crippen molar-refractivity contribution < 1.29 is 17.9 Å². The molecule has 3 N–H and O–H groups in total. The number of nitrogens with two attached hydrogens (primary N) is 1. The number of rotatable bonds is 5. The topological polar surface area (TPSA) is 73.1 Å². The Morgan fingerprint density at radius 1 is 1.32 bits per heavy atom. The highest BCUT2D eigenvalue weighted by Crippen LogP contribution is 2.27. The van der Waals surface area contributed by atoms with E-state index in [1.807, 2.05) is 20.8 Å². The van der Waals surface area contributed by atoms with Crippen LogP contribution < -0.4 is 11.1 Å². The summed E-state index contributed by atoms with van der Waals surface area (Å²) < 4.78 is 42.9. The first-order chi connectivity index (χ1) is 8.64. The molecule has 1 aromatic heterocycles. The summed E-state index contributed by atoms with van der Waals surface area (Å²) in [7, 11) is 0. The zero-order chi connectivity index (χ0) is 14.7. The Balaban J connectivity index is 2.82. The van der Waals surface area contributed by atoms with E-state index in [2.05, 4.69) is 15.3 Å². The van der Waals surface area contributed by atoms with Crippen molar-refractivity contribution >= 4 is 11.6 Å². The van der Waals surface area contributed by atoms with Gasteiger partial charge in [0.15, 0.2) is 0 Å². The molecule has 0 saturated carbocycles. The van der Waals surface area contributed by atoms with Crippen LogP contribution in [0.25, 0.3) is 0 Å². The lowest BCUT2D eigenvalue weighted by Gasteiger charge is -2.25. The summed E-state index contributed by atoms with van der Waals surface area (Å²) >= 11 is 0. The number of halogens is 3. The monoisotopic (exact) mass is 278 g/mol. The number of anilines is 2. The molecule has 0 unspecified atom stereocenters. The third-order valence-corrected chi connectivity index (χ3v) is 2.23. The molecule has 0 aliphatic heterocycles. The quantitative estimate of drug-likeness (QED) is 0.864. The SMILES string of the molecule is CCOC(C)(C)CNc1cc(N)nc(C(F)(F)F)n1. The molecule has 19 heavy (non-hydrogen) atoms. The predicted molar refractivity (Wildman–Crippen MR) is 65.6 cm³/mol. The normalized spacial score (nSPS) is 12.5. The summed E-state index contributed by atoms with van der Waals surface area (Å²) in [5, 5.41) is 2.77. The van der Waals surface area contributed by atoms with Gasteiger partial charge in [-0.05, 0) is 20.8 Å². The Morgan fingerprint density at radius 3 is 2.47 bits per heavy atom. The number of nitrogen functional groups attached to an aromatic ring is 1. The van der Waals surface area contributed by atoms with Crippen molar-refractivity contribution in [1.82, 2.24) is 9.97 Å². The molecule has 8 heteroatoms. The van der Waals surface area contributed by atoms with Crippen molar-refractivity contribution in [3.05, 3.63) is 11.9 Å². The third-order valence-electron chi connectivity index (χ3n) is 2.23. The lowest BCUT2D eigenvalue weighted by atomic mass is 10.1. The molecule has 0 radical (unpaired) electrons. The van der Waals surface area contributed by atoms with E-state index in [0.29, 0.717) is 13.2 Å². The van der Waals surface area contributed by atoms with E-state index in [1.165, 1.54) is 6.07 Å². The van der Waals surface area contributed by atoms with Gasteiger partial charge in [0.25, 0.3) is 0 Å². The van der Waals surface area contributed by atoms with Crippen LogP contribution in [0.2, 0.25) is 0 Å². The van der Waals surface area contributed by atoms with Gasteiger partial charge in [-0.25, -0.2) is 9.97 Å². The number of nitrogens with one attached hydrogen (secondary N) is 1. The minimum Gasteiger partial charge on any atom is -0.384 e. The van der Waals surface area contributed by atoms with Gasteiger partial charge in [-0.3, -0.25) is 0 Å². The Kier molecular flexibility index (Phi) is 4.56. The summed E-state index contributed by atoms with van der Waals surface area (Å²) in [5.74, 6) is -1.48. The highest BCUT2D eigenvalue weighted by atomic mass is 19.4. The number of alkyl halides is 3. The van der Waals surface area contributed by atoms with Crippen molar-refractivity contribution in [3.63, 3.8) is 0 Å². The standard InChI is InChI=1S/C11H17F3N4O/c1-4-19-10(2,3)6-16-8-5-7(15)17-9(18-8)11(12,13)14/h5H,4,6H2,1-3H3,(H3,15,16,17,18). The molecular formula is C11H17F3N4O. The summed E-state index contributed by atoms with van der Waals surface area (Å²) in [6.45, 7) is 6.28. The van der Waals surface area contributed by atoms with E-state index in [9.17, 15) is 13.2 Å². The van der Waals surface area contributed by atoms with Crippen LogP contribution >= 0.6 is 0 Å². The zero-order valence-electron chi connectivity index (χ0n) is 11.0. The van der Waals surface area contributed by atoms with Crippen molar-refractivity contribution in [1.29, 1.82) is 0 Å². The second kappa shape index (κ2) is 5.60. The second-order valence-electron chi connectivity index (χ2n) is 4.55. The fourth-order valence-corrected chi connectivity index (χ4v) is 1.43. The molecule has 0 spiro atoms. The number of aromatic nitrogens is 2. The first-order valence-corrected chi connectivity index (χ1v) is 5.73. The van der Waals surface area contributed by atoms with Gasteiger partial charge in [-0.2, -0.15) is 13.2 Å². The van der Waals surface area contributed by atoms with Crippen molar-refractivity contribution in [2.75, 3.05) is 24.2 Å². The van der Waals surface area contributed by atoms with E-state index in [0.717, 1.165) is 0 Å². The highest BCUT2D eigenvalue weighted by Gasteiger charge is 2.35. The van der Waals surface area contributed by atoms with E-state index < -0.39 is 17.6 Å². The molecule has 108 valence electrons.